The van der Waals surface area contributed by atoms with E-state index < -0.39 is 8.07 Å². The number of hydrogen-bond acceptors (Lipinski definition) is 4. The molecule has 3 aromatic rings. The van der Waals surface area contributed by atoms with Gasteiger partial charge in [-0.1, -0.05) is 0 Å². The molecule has 0 atom stereocenters. The third kappa shape index (κ3) is 3.25. The molecule has 6 nitrogen and oxygen atoms in total. The van der Waals surface area contributed by atoms with Gasteiger partial charge in [0.2, 0.25) is 0 Å². The third-order valence-corrected chi connectivity index (χ3v) is 5.26. The zero-order valence-corrected chi connectivity index (χ0v) is 14.2. The predicted octanol–water partition coefficient (Wildman–Crippen LogP) is 3.13. The zero-order chi connectivity index (χ0) is 15.6. The van der Waals surface area contributed by atoms with Crippen molar-refractivity contribution in [3.05, 3.63) is 31.0 Å². The molecule has 1 N–H and O–H groups in total. The van der Waals surface area contributed by atoms with Gasteiger partial charge in [0.25, 0.3) is 0 Å². The maximum absolute atomic E-state index is 5.81. The molecule has 3 heterocycles. The second-order valence-corrected chi connectivity index (χ2v) is 12.2. The fraction of sp³-hybridized carbons (Fsp3) is 0.400. The molecule has 0 aliphatic carbocycles. The van der Waals surface area contributed by atoms with Crippen molar-refractivity contribution < 1.29 is 4.74 Å². The standard InChI is InChI=1S/C15H21N5OSi/c1-22(2,3)7-6-21-11-20-5-4-13-14(12-8-18-19-9-12)16-10-17-15(13)20/h4-5,8-10H,6-7,11H2,1-3H3,(H,18,19)/q-1. The van der Waals surface area contributed by atoms with Crippen LogP contribution in [0, 0.1) is 0 Å². The van der Waals surface area contributed by atoms with Crippen LogP contribution in [0.15, 0.2) is 31.0 Å². The van der Waals surface area contributed by atoms with Crippen molar-refractivity contribution in [2.24, 2.45) is 0 Å². The lowest BCUT2D eigenvalue weighted by molar-refractivity contribution is 0.0899. The van der Waals surface area contributed by atoms with Crippen molar-refractivity contribution in [3.63, 3.8) is 0 Å². The minimum absolute atomic E-state index is 0.524. The van der Waals surface area contributed by atoms with Gasteiger partial charge in [-0.15, -0.1) is 14.1 Å². The topological polar surface area (TPSA) is 68.6 Å². The number of ether oxygens (including phenoxy) is 1. The van der Waals surface area contributed by atoms with E-state index in [1.54, 1.807) is 12.5 Å². The molecule has 0 saturated carbocycles. The van der Waals surface area contributed by atoms with E-state index >= 15 is 0 Å². The van der Waals surface area contributed by atoms with Crippen LogP contribution < -0.4 is 0 Å². The quantitative estimate of drug-likeness (QED) is 0.560. The lowest BCUT2D eigenvalue weighted by Gasteiger charge is -2.26. The van der Waals surface area contributed by atoms with Gasteiger partial charge in [-0.25, -0.2) is 9.97 Å². The van der Waals surface area contributed by atoms with Crippen LogP contribution in [0.5, 0.6) is 0 Å². The van der Waals surface area contributed by atoms with Crippen molar-refractivity contribution >= 4 is 19.1 Å². The lowest BCUT2D eigenvalue weighted by atomic mass is 10.2. The first-order valence-corrected chi connectivity index (χ1v) is 11.1. The van der Waals surface area contributed by atoms with Crippen LogP contribution in [0.3, 0.4) is 0 Å². The van der Waals surface area contributed by atoms with Gasteiger partial charge in [0.05, 0.1) is 11.9 Å². The van der Waals surface area contributed by atoms with Crippen LogP contribution in [-0.4, -0.2) is 39.4 Å². The Morgan fingerprint density at radius 3 is 2.86 bits per heavy atom. The summed E-state index contributed by atoms with van der Waals surface area (Å²) in [5.41, 5.74) is 2.74. The minimum atomic E-state index is -1.05. The average Bonchev–Trinajstić information content (AvgIpc) is 3.12. The van der Waals surface area contributed by atoms with Gasteiger partial charge in [-0.3, -0.25) is 5.10 Å². The largest absolute Gasteiger partial charge is 0.364 e. The van der Waals surface area contributed by atoms with Crippen molar-refractivity contribution in [2.45, 2.75) is 32.4 Å². The number of nitrogens with zero attached hydrogens (tertiary/aromatic N) is 4. The molecule has 0 aromatic carbocycles. The summed E-state index contributed by atoms with van der Waals surface area (Å²) in [5, 5.41) is 7.81. The molecule has 0 unspecified atom stereocenters. The number of rotatable bonds is 6. The van der Waals surface area contributed by atoms with E-state index in [2.05, 4.69) is 39.8 Å². The minimum Gasteiger partial charge on any atom is -0.364 e. The summed E-state index contributed by atoms with van der Waals surface area (Å²) in [5.74, 6) is 0. The van der Waals surface area contributed by atoms with Crippen LogP contribution in [-0.2, 0) is 11.5 Å². The van der Waals surface area contributed by atoms with Gasteiger partial charge in [0.1, 0.15) is 18.7 Å². The second kappa shape index (κ2) is 6.02. The molecule has 0 aliphatic heterocycles. The highest BCUT2D eigenvalue weighted by molar-refractivity contribution is 6.76. The van der Waals surface area contributed by atoms with E-state index in [0.717, 1.165) is 28.9 Å². The van der Waals surface area contributed by atoms with Crippen molar-refractivity contribution in [1.82, 2.24) is 24.7 Å². The second-order valence-electron chi connectivity index (χ2n) is 6.58. The summed E-state index contributed by atoms with van der Waals surface area (Å²) < 4.78 is 7.83. The first kappa shape index (κ1) is 14.9. The van der Waals surface area contributed by atoms with E-state index in [0.29, 0.717) is 6.73 Å². The molecule has 7 heteroatoms. The molecule has 0 radical (unpaired) electrons. The van der Waals surface area contributed by atoms with E-state index in [4.69, 9.17) is 4.74 Å². The zero-order valence-electron chi connectivity index (χ0n) is 13.2. The van der Waals surface area contributed by atoms with Crippen LogP contribution >= 0.6 is 0 Å². The normalized spacial score (nSPS) is 12.1. The maximum atomic E-state index is 5.81. The van der Waals surface area contributed by atoms with E-state index in [1.165, 1.54) is 6.04 Å². The number of nitrogens with one attached hydrogen (secondary N) is 1. The molecule has 0 amide bonds. The summed E-state index contributed by atoms with van der Waals surface area (Å²) in [7, 11) is -1.05. The monoisotopic (exact) mass is 315 g/mol. The lowest BCUT2D eigenvalue weighted by Crippen LogP contribution is -2.22. The van der Waals surface area contributed by atoms with Crippen LogP contribution in [0.1, 0.15) is 0 Å². The molecular formula is C15H21N5OSi-. The summed E-state index contributed by atoms with van der Waals surface area (Å²) in [6.45, 7) is 8.38. The first-order chi connectivity index (χ1) is 10.5. The third-order valence-electron chi connectivity index (χ3n) is 3.55. The molecule has 0 fully saturated rings. The Morgan fingerprint density at radius 1 is 1.27 bits per heavy atom. The first-order valence-electron chi connectivity index (χ1n) is 7.41. The highest BCUT2D eigenvalue weighted by atomic mass is 28.3. The summed E-state index contributed by atoms with van der Waals surface area (Å²) in [4.78, 5) is 8.76. The highest BCUT2D eigenvalue weighted by Gasteiger charge is 2.10. The van der Waals surface area contributed by atoms with Gasteiger partial charge in [0.15, 0.2) is 0 Å². The van der Waals surface area contributed by atoms with E-state index in [9.17, 15) is 0 Å². The number of aromatic nitrogens is 5. The van der Waals surface area contributed by atoms with Crippen molar-refractivity contribution in [3.8, 4) is 11.3 Å². The smallest absolute Gasteiger partial charge is 0.145 e. The van der Waals surface area contributed by atoms with Crippen LogP contribution in [0.4, 0.5) is 0 Å². The molecular weight excluding hydrogens is 294 g/mol. The maximum Gasteiger partial charge on any atom is 0.145 e. The molecule has 3 rings (SSSR count). The van der Waals surface area contributed by atoms with Gasteiger partial charge in [0, 0.05) is 30.0 Å². The SMILES string of the molecule is C[Si-](C)(C)CCOCn1ccc2c(-c3cn[nH]c3)ncnc21. The molecule has 22 heavy (non-hydrogen) atoms. The van der Waals surface area contributed by atoms with Crippen molar-refractivity contribution in [2.75, 3.05) is 6.61 Å². The Bertz CT molecular complexity index is 745. The van der Waals surface area contributed by atoms with Gasteiger partial charge >= 0.3 is 0 Å². The van der Waals surface area contributed by atoms with Crippen LogP contribution in [0.2, 0.25) is 25.7 Å². The molecule has 0 spiro atoms. The number of hydrogen-bond donors (Lipinski definition) is 1. The Balaban J connectivity index is 1.77. The highest BCUT2D eigenvalue weighted by Crippen LogP contribution is 2.25. The van der Waals surface area contributed by atoms with Crippen molar-refractivity contribution in [1.29, 1.82) is 0 Å². The molecule has 0 saturated heterocycles. The summed E-state index contributed by atoms with van der Waals surface area (Å²) in [6, 6.07) is 3.20. The Morgan fingerprint density at radius 2 is 2.14 bits per heavy atom. The van der Waals surface area contributed by atoms with Gasteiger partial charge in [-0.2, -0.15) is 24.7 Å². The summed E-state index contributed by atoms with van der Waals surface area (Å²) in [6.07, 6.45) is 7.19. The Kier molecular flexibility index (Phi) is 4.08. The van der Waals surface area contributed by atoms with E-state index in [1.807, 2.05) is 23.0 Å². The predicted molar refractivity (Wildman–Crippen MR) is 89.2 cm³/mol. The molecule has 3 aromatic heterocycles. The Hall–Kier alpha value is -1.99. The number of H-pyrrole nitrogens is 1. The van der Waals surface area contributed by atoms with Gasteiger partial charge in [-0.05, 0) is 6.07 Å². The molecule has 0 aliphatic rings. The number of aromatic amines is 1. The Labute approximate surface area is 130 Å². The fourth-order valence-electron chi connectivity index (χ4n) is 2.26. The van der Waals surface area contributed by atoms with Crippen LogP contribution in [0.25, 0.3) is 22.3 Å². The molecule has 0 bridgehead atoms. The fourth-order valence-corrected chi connectivity index (χ4v) is 3.02. The van der Waals surface area contributed by atoms with E-state index in [-0.39, 0.29) is 0 Å². The number of fused-ring (bicyclic) bond motifs is 1. The summed E-state index contributed by atoms with van der Waals surface area (Å²) >= 11 is 0. The average molecular weight is 315 g/mol. The van der Waals surface area contributed by atoms with Gasteiger partial charge < -0.3 is 9.30 Å². The molecule has 117 valence electrons.